The summed E-state index contributed by atoms with van der Waals surface area (Å²) in [6.07, 6.45) is 0.479. The van der Waals surface area contributed by atoms with Gasteiger partial charge < -0.3 is 10.2 Å². The van der Waals surface area contributed by atoms with Crippen molar-refractivity contribution in [2.24, 2.45) is 0 Å². The van der Waals surface area contributed by atoms with Gasteiger partial charge in [0.15, 0.2) is 17.5 Å². The molecule has 0 aliphatic heterocycles. The van der Waals surface area contributed by atoms with E-state index in [0.717, 1.165) is 27.8 Å². The van der Waals surface area contributed by atoms with Crippen molar-refractivity contribution in [3.8, 4) is 39.9 Å². The molecule has 0 saturated carbocycles. The quantitative estimate of drug-likeness (QED) is 0.451. The first-order chi connectivity index (χ1) is 15.4. The van der Waals surface area contributed by atoms with Gasteiger partial charge in [-0.05, 0) is 62.9 Å². The van der Waals surface area contributed by atoms with E-state index in [-0.39, 0.29) is 12.4 Å². The van der Waals surface area contributed by atoms with E-state index in [9.17, 15) is 10.2 Å². The highest BCUT2D eigenvalue weighted by atomic mass is 16.3. The Labute approximate surface area is 188 Å². The zero-order valence-corrected chi connectivity index (χ0v) is 18.8. The molecule has 0 radical (unpaired) electrons. The van der Waals surface area contributed by atoms with Gasteiger partial charge in [0.25, 0.3) is 0 Å². The van der Waals surface area contributed by atoms with Gasteiger partial charge >= 0.3 is 0 Å². The first-order valence-corrected chi connectivity index (χ1v) is 10.7. The number of benzene rings is 3. The van der Waals surface area contributed by atoms with Gasteiger partial charge in [-0.2, -0.15) is 0 Å². The van der Waals surface area contributed by atoms with Gasteiger partial charge in [0.2, 0.25) is 0 Å². The summed E-state index contributed by atoms with van der Waals surface area (Å²) >= 11 is 0. The van der Waals surface area contributed by atoms with Crippen LogP contribution in [0.3, 0.4) is 0 Å². The van der Waals surface area contributed by atoms with Crippen LogP contribution in [0.1, 0.15) is 27.8 Å². The maximum Gasteiger partial charge on any atom is 0.167 e. The minimum Gasteiger partial charge on any atom is -0.507 e. The van der Waals surface area contributed by atoms with Crippen molar-refractivity contribution in [2.75, 3.05) is 6.61 Å². The first kappa shape index (κ1) is 21.7. The van der Waals surface area contributed by atoms with Crippen LogP contribution in [-0.2, 0) is 6.42 Å². The van der Waals surface area contributed by atoms with Crippen molar-refractivity contribution >= 4 is 0 Å². The summed E-state index contributed by atoms with van der Waals surface area (Å²) in [6.45, 7) is 8.23. The number of aryl methyl sites for hydroxylation is 4. The minimum atomic E-state index is 0.0260. The van der Waals surface area contributed by atoms with Gasteiger partial charge in [-0.3, -0.25) is 0 Å². The van der Waals surface area contributed by atoms with Crippen LogP contribution >= 0.6 is 0 Å². The first-order valence-electron chi connectivity index (χ1n) is 10.7. The number of aliphatic hydroxyl groups excluding tert-OH is 1. The third-order valence-corrected chi connectivity index (χ3v) is 5.58. The van der Waals surface area contributed by atoms with Crippen LogP contribution < -0.4 is 0 Å². The van der Waals surface area contributed by atoms with Crippen molar-refractivity contribution < 1.29 is 10.2 Å². The average Bonchev–Trinajstić information content (AvgIpc) is 2.74. The summed E-state index contributed by atoms with van der Waals surface area (Å²) in [6, 6.07) is 17.7. The number of phenolic OH excluding ortho intramolecular Hbond substituents is 1. The van der Waals surface area contributed by atoms with Crippen molar-refractivity contribution in [1.82, 2.24) is 15.0 Å². The lowest BCUT2D eigenvalue weighted by Crippen LogP contribution is -2.02. The molecule has 0 amide bonds. The molecule has 5 heteroatoms. The summed E-state index contributed by atoms with van der Waals surface area (Å²) < 4.78 is 0. The Balaban J connectivity index is 1.94. The Kier molecular flexibility index (Phi) is 6.01. The Morgan fingerprint density at radius 3 is 1.53 bits per heavy atom. The maximum atomic E-state index is 10.7. The van der Waals surface area contributed by atoms with Gasteiger partial charge in [0.05, 0.1) is 5.56 Å². The fourth-order valence-electron chi connectivity index (χ4n) is 3.92. The van der Waals surface area contributed by atoms with E-state index in [1.807, 2.05) is 44.2 Å². The predicted molar refractivity (Wildman–Crippen MR) is 128 cm³/mol. The Hall–Kier alpha value is -3.57. The van der Waals surface area contributed by atoms with Crippen molar-refractivity contribution in [3.63, 3.8) is 0 Å². The fraction of sp³-hybridized carbons (Fsp3) is 0.222. The highest BCUT2D eigenvalue weighted by Gasteiger charge is 2.17. The molecule has 0 unspecified atom stereocenters. The molecule has 162 valence electrons. The van der Waals surface area contributed by atoms with Crippen molar-refractivity contribution in [2.45, 2.75) is 34.1 Å². The number of aromatic hydroxyl groups is 1. The van der Waals surface area contributed by atoms with Crippen LogP contribution in [-0.4, -0.2) is 31.8 Å². The van der Waals surface area contributed by atoms with Crippen LogP contribution in [0.2, 0.25) is 0 Å². The molecule has 32 heavy (non-hydrogen) atoms. The third-order valence-electron chi connectivity index (χ3n) is 5.58. The molecule has 4 aromatic rings. The lowest BCUT2D eigenvalue weighted by molar-refractivity contribution is 0.299. The molecule has 3 aromatic carbocycles. The van der Waals surface area contributed by atoms with Crippen LogP contribution in [0.15, 0.2) is 54.6 Å². The zero-order chi connectivity index (χ0) is 22.8. The second kappa shape index (κ2) is 8.89. The molecular formula is C27H27N3O2. The van der Waals surface area contributed by atoms with E-state index in [1.54, 1.807) is 12.1 Å². The zero-order valence-electron chi connectivity index (χ0n) is 18.8. The van der Waals surface area contributed by atoms with Gasteiger partial charge in [-0.1, -0.05) is 53.6 Å². The number of aromatic nitrogens is 3. The number of nitrogens with zero attached hydrogens (tertiary/aromatic N) is 3. The molecule has 5 nitrogen and oxygen atoms in total. The minimum absolute atomic E-state index is 0.0260. The summed E-state index contributed by atoms with van der Waals surface area (Å²) in [4.78, 5) is 14.3. The summed E-state index contributed by atoms with van der Waals surface area (Å²) in [5.41, 5.74) is 7.76. The van der Waals surface area contributed by atoms with Gasteiger partial charge in [0.1, 0.15) is 5.75 Å². The van der Waals surface area contributed by atoms with Crippen molar-refractivity contribution in [3.05, 3.63) is 82.4 Å². The molecule has 2 N–H and O–H groups in total. The highest BCUT2D eigenvalue weighted by molar-refractivity contribution is 5.72. The second-order valence-electron chi connectivity index (χ2n) is 8.27. The van der Waals surface area contributed by atoms with Crippen LogP contribution in [0.4, 0.5) is 0 Å². The molecule has 0 aliphatic carbocycles. The van der Waals surface area contributed by atoms with E-state index in [1.165, 1.54) is 11.1 Å². The highest BCUT2D eigenvalue weighted by Crippen LogP contribution is 2.32. The Morgan fingerprint density at radius 2 is 1.09 bits per heavy atom. The molecule has 0 saturated heterocycles. The number of rotatable bonds is 5. The molecule has 0 fully saturated rings. The molecule has 1 aromatic heterocycles. The fourth-order valence-corrected chi connectivity index (χ4v) is 3.92. The summed E-state index contributed by atoms with van der Waals surface area (Å²) in [7, 11) is 0. The maximum absolute atomic E-state index is 10.7. The van der Waals surface area contributed by atoms with E-state index >= 15 is 0 Å². The third kappa shape index (κ3) is 4.39. The summed E-state index contributed by atoms with van der Waals surface area (Å²) in [5.74, 6) is 1.64. The molecule has 0 atom stereocenters. The number of aliphatic hydroxyl groups is 1. The van der Waals surface area contributed by atoms with E-state index in [2.05, 4.69) is 26.0 Å². The second-order valence-corrected chi connectivity index (χ2v) is 8.27. The van der Waals surface area contributed by atoms with E-state index in [0.29, 0.717) is 29.5 Å². The van der Waals surface area contributed by atoms with Crippen molar-refractivity contribution in [1.29, 1.82) is 0 Å². The van der Waals surface area contributed by atoms with Gasteiger partial charge in [-0.25, -0.2) is 15.0 Å². The topological polar surface area (TPSA) is 79.1 Å². The molecule has 4 rings (SSSR count). The normalized spacial score (nSPS) is 11.0. The predicted octanol–water partition coefficient (Wildman–Crippen LogP) is 5.35. The number of hydrogen-bond donors (Lipinski definition) is 2. The van der Waals surface area contributed by atoms with E-state index < -0.39 is 0 Å². The lowest BCUT2D eigenvalue weighted by Gasteiger charge is -2.13. The molecule has 0 bridgehead atoms. The Morgan fingerprint density at radius 1 is 0.625 bits per heavy atom. The van der Waals surface area contributed by atoms with Crippen LogP contribution in [0.25, 0.3) is 34.2 Å². The monoisotopic (exact) mass is 425 g/mol. The van der Waals surface area contributed by atoms with Crippen LogP contribution in [0, 0.1) is 27.7 Å². The number of phenols is 1. The molecular weight excluding hydrogens is 398 g/mol. The van der Waals surface area contributed by atoms with Gasteiger partial charge in [-0.15, -0.1) is 0 Å². The molecule has 0 spiro atoms. The van der Waals surface area contributed by atoms with E-state index in [4.69, 9.17) is 15.0 Å². The lowest BCUT2D eigenvalue weighted by atomic mass is 10.0. The summed E-state index contributed by atoms with van der Waals surface area (Å²) in [5, 5.41) is 19.9. The largest absolute Gasteiger partial charge is 0.507 e. The standard InChI is InChI=1S/C27H27N3O2/c1-16-5-8-21(18(3)13-16)25-28-26(22-9-6-17(2)14-19(22)4)30-27(29-25)23-10-7-20(11-12-31)15-24(23)32/h5-10,13-15,31-32H,11-12H2,1-4H3. The number of hydrogen-bond acceptors (Lipinski definition) is 5. The molecule has 1 heterocycles. The smallest absolute Gasteiger partial charge is 0.167 e. The Bertz CT molecular complexity index is 1230. The molecule has 0 aliphatic rings. The SMILES string of the molecule is Cc1ccc(-c2nc(-c3ccc(C)cc3C)nc(-c3ccc(CCO)cc3O)n2)c(C)c1. The average molecular weight is 426 g/mol. The van der Waals surface area contributed by atoms with Gasteiger partial charge in [0, 0.05) is 17.7 Å². The van der Waals surface area contributed by atoms with Crippen LogP contribution in [0.5, 0.6) is 5.75 Å².